The summed E-state index contributed by atoms with van der Waals surface area (Å²) in [6.07, 6.45) is 0.667. The normalized spacial score (nSPS) is 12.7. The molecule has 1 aromatic carbocycles. The molecule has 0 fully saturated rings. The summed E-state index contributed by atoms with van der Waals surface area (Å²) in [7, 11) is 1.25. The van der Waals surface area contributed by atoms with Gasteiger partial charge in [-0.1, -0.05) is 55.8 Å². The molecule has 28 heavy (non-hydrogen) atoms. The van der Waals surface area contributed by atoms with E-state index in [1.165, 1.54) is 7.11 Å². The highest BCUT2D eigenvalue weighted by molar-refractivity contribution is 5.98. The molecule has 1 aromatic heterocycles. The number of aromatic nitrogens is 1. The quantitative estimate of drug-likeness (QED) is 0.692. The van der Waals surface area contributed by atoms with Gasteiger partial charge in [0, 0.05) is 5.56 Å². The van der Waals surface area contributed by atoms with E-state index in [0.717, 1.165) is 0 Å². The van der Waals surface area contributed by atoms with Crippen molar-refractivity contribution in [2.75, 3.05) is 13.7 Å². The molecule has 0 spiro atoms. The average molecular weight is 388 g/mol. The van der Waals surface area contributed by atoms with Crippen LogP contribution in [0, 0.1) is 12.8 Å². The second kappa shape index (κ2) is 9.68. The minimum Gasteiger partial charge on any atom is -0.467 e. The highest BCUT2D eigenvalue weighted by Crippen LogP contribution is 2.25. The Morgan fingerprint density at radius 3 is 2.50 bits per heavy atom. The second-order valence-corrected chi connectivity index (χ2v) is 6.36. The maximum Gasteiger partial charge on any atom is 0.344 e. The smallest absolute Gasteiger partial charge is 0.344 e. The second-order valence-electron chi connectivity index (χ2n) is 6.36. The van der Waals surface area contributed by atoms with Gasteiger partial charge in [-0.05, 0) is 12.8 Å². The van der Waals surface area contributed by atoms with Crippen molar-refractivity contribution in [1.82, 2.24) is 10.5 Å². The van der Waals surface area contributed by atoms with Crippen LogP contribution < -0.4 is 5.32 Å². The maximum absolute atomic E-state index is 12.5. The van der Waals surface area contributed by atoms with Crippen LogP contribution in [0.15, 0.2) is 34.9 Å². The third kappa shape index (κ3) is 4.97. The lowest BCUT2D eigenvalue weighted by Gasteiger charge is -2.21. The molecule has 1 N–H and O–H groups in total. The molecule has 8 heteroatoms. The van der Waals surface area contributed by atoms with Gasteiger partial charge in [0.2, 0.25) is 0 Å². The zero-order valence-corrected chi connectivity index (χ0v) is 16.4. The SMILES string of the molecule is CC[C@H](C)[C@H](NC(=O)COC(=O)c1c(-c2ccccc2)noc1C)C(=O)OC. The molecule has 1 heterocycles. The molecule has 0 radical (unpaired) electrons. The molecule has 150 valence electrons. The molecule has 8 nitrogen and oxygen atoms in total. The number of esters is 2. The van der Waals surface area contributed by atoms with Gasteiger partial charge in [0.25, 0.3) is 5.91 Å². The summed E-state index contributed by atoms with van der Waals surface area (Å²) in [4.78, 5) is 36.5. The van der Waals surface area contributed by atoms with Crippen molar-refractivity contribution in [3.8, 4) is 11.3 Å². The molecule has 0 aliphatic heterocycles. The van der Waals surface area contributed by atoms with Gasteiger partial charge in [-0.3, -0.25) is 4.79 Å². The molecule has 1 amide bonds. The molecule has 0 unspecified atom stereocenters. The number of hydrogen-bond acceptors (Lipinski definition) is 7. The van der Waals surface area contributed by atoms with Crippen LogP contribution in [0.3, 0.4) is 0 Å². The molecule has 0 saturated heterocycles. The average Bonchev–Trinajstić information content (AvgIpc) is 3.11. The van der Waals surface area contributed by atoms with Gasteiger partial charge >= 0.3 is 11.9 Å². The van der Waals surface area contributed by atoms with E-state index < -0.39 is 30.5 Å². The fourth-order valence-electron chi connectivity index (χ4n) is 2.62. The predicted octanol–water partition coefficient (Wildman–Crippen LogP) is 2.51. The van der Waals surface area contributed by atoms with E-state index >= 15 is 0 Å². The van der Waals surface area contributed by atoms with Crippen LogP contribution in [0.5, 0.6) is 0 Å². The Balaban J connectivity index is 2.05. The predicted molar refractivity (Wildman–Crippen MR) is 100 cm³/mol. The van der Waals surface area contributed by atoms with Crippen molar-refractivity contribution in [3.63, 3.8) is 0 Å². The zero-order chi connectivity index (χ0) is 20.7. The molecule has 2 atom stereocenters. The molecule has 0 aliphatic carbocycles. The van der Waals surface area contributed by atoms with Crippen molar-refractivity contribution in [2.24, 2.45) is 5.92 Å². The van der Waals surface area contributed by atoms with Crippen LogP contribution in [-0.4, -0.2) is 42.8 Å². The number of carbonyl (C=O) groups is 3. The first-order chi connectivity index (χ1) is 13.4. The van der Waals surface area contributed by atoms with E-state index in [9.17, 15) is 14.4 Å². The van der Waals surface area contributed by atoms with E-state index in [0.29, 0.717) is 17.7 Å². The minimum absolute atomic E-state index is 0.128. The van der Waals surface area contributed by atoms with Gasteiger partial charge in [0.05, 0.1) is 7.11 Å². The van der Waals surface area contributed by atoms with Gasteiger partial charge < -0.3 is 19.3 Å². The molecule has 2 rings (SSSR count). The van der Waals surface area contributed by atoms with Crippen LogP contribution in [0.1, 0.15) is 36.4 Å². The number of rotatable bonds is 8. The Kier molecular flexibility index (Phi) is 7.31. The van der Waals surface area contributed by atoms with Crippen LogP contribution in [0.4, 0.5) is 0 Å². The Bertz CT molecular complexity index is 830. The van der Waals surface area contributed by atoms with E-state index in [4.69, 9.17) is 14.0 Å². The number of carbonyl (C=O) groups excluding carboxylic acids is 3. The number of benzene rings is 1. The number of ether oxygens (including phenoxy) is 2. The highest BCUT2D eigenvalue weighted by Gasteiger charge is 2.28. The lowest BCUT2D eigenvalue weighted by molar-refractivity contribution is -0.147. The maximum atomic E-state index is 12.5. The minimum atomic E-state index is -0.807. The van der Waals surface area contributed by atoms with Crippen molar-refractivity contribution in [1.29, 1.82) is 0 Å². The summed E-state index contributed by atoms with van der Waals surface area (Å²) in [5, 5.41) is 6.46. The summed E-state index contributed by atoms with van der Waals surface area (Å²) < 4.78 is 15.0. The number of aryl methyl sites for hydroxylation is 1. The summed E-state index contributed by atoms with van der Waals surface area (Å²) >= 11 is 0. The van der Waals surface area contributed by atoms with Crippen LogP contribution in [0.25, 0.3) is 11.3 Å². The third-order valence-corrected chi connectivity index (χ3v) is 4.43. The summed E-state index contributed by atoms with van der Waals surface area (Å²) in [6.45, 7) is 4.76. The monoisotopic (exact) mass is 388 g/mol. The van der Waals surface area contributed by atoms with E-state index in [-0.39, 0.29) is 17.2 Å². The van der Waals surface area contributed by atoms with Crippen LogP contribution >= 0.6 is 0 Å². The van der Waals surface area contributed by atoms with Crippen molar-refractivity contribution >= 4 is 17.8 Å². The molecular weight excluding hydrogens is 364 g/mol. The number of nitrogens with zero attached hydrogens (tertiary/aromatic N) is 1. The van der Waals surface area contributed by atoms with Gasteiger partial charge in [0.1, 0.15) is 23.1 Å². The molecule has 0 aliphatic rings. The lowest BCUT2D eigenvalue weighted by atomic mass is 9.99. The largest absolute Gasteiger partial charge is 0.467 e. The lowest BCUT2D eigenvalue weighted by Crippen LogP contribution is -2.47. The Labute approximate surface area is 163 Å². The van der Waals surface area contributed by atoms with Crippen LogP contribution in [-0.2, 0) is 19.1 Å². The molecular formula is C20H24N2O6. The standard InChI is InChI=1S/C20H24N2O6/c1-5-12(2)17(20(25)26-4)21-15(23)11-27-19(24)16-13(3)28-22-18(16)14-9-7-6-8-10-14/h6-10,12,17H,5,11H2,1-4H3,(H,21,23)/t12-,17-/m0/s1. The summed E-state index contributed by atoms with van der Waals surface area (Å²) in [5.74, 6) is -1.71. The van der Waals surface area contributed by atoms with Gasteiger partial charge in [-0.15, -0.1) is 0 Å². The number of nitrogens with one attached hydrogen (secondary N) is 1. The van der Waals surface area contributed by atoms with Crippen LogP contribution in [0.2, 0.25) is 0 Å². The topological polar surface area (TPSA) is 108 Å². The fourth-order valence-corrected chi connectivity index (χ4v) is 2.62. The highest BCUT2D eigenvalue weighted by atomic mass is 16.5. The number of methoxy groups -OCH3 is 1. The Morgan fingerprint density at radius 2 is 1.89 bits per heavy atom. The van der Waals surface area contributed by atoms with Gasteiger partial charge in [-0.25, -0.2) is 9.59 Å². The molecule has 0 bridgehead atoms. The van der Waals surface area contributed by atoms with Crippen molar-refractivity contribution in [3.05, 3.63) is 41.7 Å². The summed E-state index contributed by atoms with van der Waals surface area (Å²) in [5.41, 5.74) is 1.19. The van der Waals surface area contributed by atoms with Crippen molar-refractivity contribution < 1.29 is 28.4 Å². The first-order valence-electron chi connectivity index (χ1n) is 8.95. The Hall–Kier alpha value is -3.16. The first-order valence-corrected chi connectivity index (χ1v) is 8.95. The molecule has 0 saturated carbocycles. The summed E-state index contributed by atoms with van der Waals surface area (Å²) in [6, 6.07) is 8.22. The fraction of sp³-hybridized carbons (Fsp3) is 0.400. The third-order valence-electron chi connectivity index (χ3n) is 4.43. The first kappa shape index (κ1) is 21.1. The van der Waals surface area contributed by atoms with E-state index in [1.807, 2.05) is 32.0 Å². The number of amides is 1. The van der Waals surface area contributed by atoms with Gasteiger partial charge in [-0.2, -0.15) is 0 Å². The zero-order valence-electron chi connectivity index (χ0n) is 16.4. The van der Waals surface area contributed by atoms with E-state index in [1.54, 1.807) is 19.1 Å². The number of hydrogen-bond donors (Lipinski definition) is 1. The van der Waals surface area contributed by atoms with E-state index in [2.05, 4.69) is 10.5 Å². The van der Waals surface area contributed by atoms with Crippen molar-refractivity contribution in [2.45, 2.75) is 33.2 Å². The van der Waals surface area contributed by atoms with Gasteiger partial charge in [0.15, 0.2) is 6.61 Å². The Morgan fingerprint density at radius 1 is 1.21 bits per heavy atom. The molecule has 2 aromatic rings.